The molecule has 8 nitrogen and oxygen atoms in total. The van der Waals surface area contributed by atoms with Crippen LogP contribution in [-0.4, -0.2) is 53.8 Å². The minimum Gasteiger partial charge on any atom is -0.480 e. The van der Waals surface area contributed by atoms with E-state index in [0.29, 0.717) is 17.8 Å². The first-order chi connectivity index (χ1) is 11.3. The number of carboxylic acid groups (broad SMARTS) is 1. The van der Waals surface area contributed by atoms with E-state index < -0.39 is 12.5 Å². The molecule has 1 heterocycles. The van der Waals surface area contributed by atoms with E-state index in [1.54, 1.807) is 31.3 Å². The Balaban J connectivity index is 1.85. The lowest BCUT2D eigenvalue weighted by Gasteiger charge is -2.11. The summed E-state index contributed by atoms with van der Waals surface area (Å²) in [5, 5.41) is 13.5. The van der Waals surface area contributed by atoms with Crippen LogP contribution in [0.5, 0.6) is 0 Å². The first-order valence-electron chi connectivity index (χ1n) is 7.47. The molecule has 0 spiro atoms. The summed E-state index contributed by atoms with van der Waals surface area (Å²) in [4.78, 5) is 47.0. The molecular formula is C16H19N3O5. The first kappa shape index (κ1) is 17.5. The molecule has 3 amide bonds. The van der Waals surface area contributed by atoms with Crippen LogP contribution in [0.25, 0.3) is 0 Å². The zero-order valence-corrected chi connectivity index (χ0v) is 13.2. The minimum atomic E-state index is -1.10. The van der Waals surface area contributed by atoms with Gasteiger partial charge >= 0.3 is 5.97 Å². The number of carbonyl (C=O) groups is 4. The van der Waals surface area contributed by atoms with Gasteiger partial charge < -0.3 is 20.6 Å². The standard InChI is InChI=1S/C16H19N3O5/c1-19-9-11(7-14(19)21)16(24)18-12-4-2-10(3-5-12)6-13(20)17-8-15(22)23/h2-5,11H,6-9H2,1H3,(H,17,20)(H,18,24)(H,22,23). The van der Waals surface area contributed by atoms with Gasteiger partial charge in [-0.15, -0.1) is 0 Å². The van der Waals surface area contributed by atoms with Crippen molar-refractivity contribution in [2.75, 3.05) is 25.5 Å². The second-order valence-corrected chi connectivity index (χ2v) is 5.71. The Morgan fingerprint density at radius 2 is 1.92 bits per heavy atom. The monoisotopic (exact) mass is 333 g/mol. The maximum absolute atomic E-state index is 12.1. The number of benzene rings is 1. The Labute approximate surface area is 138 Å². The van der Waals surface area contributed by atoms with Gasteiger partial charge in [-0.2, -0.15) is 0 Å². The molecule has 3 N–H and O–H groups in total. The molecule has 0 bridgehead atoms. The summed E-state index contributed by atoms with van der Waals surface area (Å²) in [5.41, 5.74) is 1.28. The fraction of sp³-hybridized carbons (Fsp3) is 0.375. The highest BCUT2D eigenvalue weighted by molar-refractivity contribution is 5.97. The van der Waals surface area contributed by atoms with Gasteiger partial charge in [0.2, 0.25) is 17.7 Å². The van der Waals surface area contributed by atoms with Gasteiger partial charge in [-0.05, 0) is 17.7 Å². The fourth-order valence-electron chi connectivity index (χ4n) is 2.41. The number of carbonyl (C=O) groups excluding carboxylic acids is 3. The maximum Gasteiger partial charge on any atom is 0.322 e. The lowest BCUT2D eigenvalue weighted by Crippen LogP contribution is -2.30. The number of hydrogen-bond acceptors (Lipinski definition) is 4. The van der Waals surface area contributed by atoms with E-state index in [1.807, 2.05) is 0 Å². The summed E-state index contributed by atoms with van der Waals surface area (Å²) in [7, 11) is 1.67. The number of anilines is 1. The van der Waals surface area contributed by atoms with Crippen LogP contribution in [0.15, 0.2) is 24.3 Å². The largest absolute Gasteiger partial charge is 0.480 e. The predicted octanol–water partition coefficient (Wildman–Crippen LogP) is -0.153. The molecule has 0 saturated carbocycles. The number of carboxylic acids is 1. The zero-order chi connectivity index (χ0) is 17.7. The molecule has 0 aromatic heterocycles. The average Bonchev–Trinajstić information content (AvgIpc) is 2.87. The molecule has 1 saturated heterocycles. The second kappa shape index (κ2) is 7.58. The maximum atomic E-state index is 12.1. The second-order valence-electron chi connectivity index (χ2n) is 5.71. The van der Waals surface area contributed by atoms with Crippen LogP contribution in [0, 0.1) is 5.92 Å². The van der Waals surface area contributed by atoms with Crippen LogP contribution in [-0.2, 0) is 25.6 Å². The van der Waals surface area contributed by atoms with Crippen LogP contribution in [0.3, 0.4) is 0 Å². The number of rotatable bonds is 6. The van der Waals surface area contributed by atoms with Crippen LogP contribution in [0.4, 0.5) is 5.69 Å². The van der Waals surface area contributed by atoms with E-state index in [1.165, 1.54) is 4.90 Å². The third-order valence-electron chi connectivity index (χ3n) is 3.73. The lowest BCUT2D eigenvalue weighted by molar-refractivity contribution is -0.137. The van der Waals surface area contributed by atoms with E-state index in [-0.39, 0.29) is 36.5 Å². The summed E-state index contributed by atoms with van der Waals surface area (Å²) < 4.78 is 0. The molecule has 1 fully saturated rings. The van der Waals surface area contributed by atoms with Gasteiger partial charge in [0.25, 0.3) is 0 Å². The first-order valence-corrected chi connectivity index (χ1v) is 7.47. The van der Waals surface area contributed by atoms with Gasteiger partial charge in [-0.1, -0.05) is 12.1 Å². The van der Waals surface area contributed by atoms with E-state index in [4.69, 9.17) is 5.11 Å². The SMILES string of the molecule is CN1CC(C(=O)Nc2ccc(CC(=O)NCC(=O)O)cc2)CC1=O. The Morgan fingerprint density at radius 1 is 1.25 bits per heavy atom. The molecule has 8 heteroatoms. The van der Waals surface area contributed by atoms with Gasteiger partial charge in [0.1, 0.15) is 6.54 Å². The number of nitrogens with zero attached hydrogens (tertiary/aromatic N) is 1. The highest BCUT2D eigenvalue weighted by Crippen LogP contribution is 2.18. The van der Waals surface area contributed by atoms with Crippen molar-refractivity contribution in [2.45, 2.75) is 12.8 Å². The van der Waals surface area contributed by atoms with Gasteiger partial charge in [0.15, 0.2) is 0 Å². The summed E-state index contributed by atoms with van der Waals surface area (Å²) in [6.45, 7) is -0.00592. The van der Waals surface area contributed by atoms with E-state index in [2.05, 4.69) is 10.6 Å². The number of hydrogen-bond donors (Lipinski definition) is 3. The van der Waals surface area contributed by atoms with Crippen molar-refractivity contribution < 1.29 is 24.3 Å². The van der Waals surface area contributed by atoms with Crippen molar-refractivity contribution >= 4 is 29.4 Å². The van der Waals surface area contributed by atoms with Crippen molar-refractivity contribution in [3.63, 3.8) is 0 Å². The van der Waals surface area contributed by atoms with Gasteiger partial charge in [0.05, 0.1) is 12.3 Å². The summed E-state index contributed by atoms with van der Waals surface area (Å²) >= 11 is 0. The quantitative estimate of drug-likeness (QED) is 0.669. The lowest BCUT2D eigenvalue weighted by atomic mass is 10.1. The molecule has 24 heavy (non-hydrogen) atoms. The van der Waals surface area contributed by atoms with Gasteiger partial charge in [-0.25, -0.2) is 0 Å². The highest BCUT2D eigenvalue weighted by atomic mass is 16.4. The number of nitrogens with one attached hydrogen (secondary N) is 2. The van der Waals surface area contributed by atoms with Crippen molar-refractivity contribution in [3.05, 3.63) is 29.8 Å². The third-order valence-corrected chi connectivity index (χ3v) is 3.73. The van der Waals surface area contributed by atoms with Crippen LogP contribution < -0.4 is 10.6 Å². The van der Waals surface area contributed by atoms with Gasteiger partial charge in [0, 0.05) is 25.7 Å². The number of amides is 3. The van der Waals surface area contributed by atoms with Crippen molar-refractivity contribution in [3.8, 4) is 0 Å². The van der Waals surface area contributed by atoms with Crippen molar-refractivity contribution in [1.82, 2.24) is 10.2 Å². The molecule has 1 aromatic carbocycles. The van der Waals surface area contributed by atoms with Crippen molar-refractivity contribution in [1.29, 1.82) is 0 Å². The molecule has 1 aliphatic rings. The minimum absolute atomic E-state index is 0.0436. The van der Waals surface area contributed by atoms with Crippen LogP contribution in [0.1, 0.15) is 12.0 Å². The van der Waals surface area contributed by atoms with Gasteiger partial charge in [-0.3, -0.25) is 19.2 Å². The topological polar surface area (TPSA) is 116 Å². The van der Waals surface area contributed by atoms with E-state index in [9.17, 15) is 19.2 Å². The number of likely N-dealkylation sites (tertiary alicyclic amines) is 1. The molecule has 128 valence electrons. The van der Waals surface area contributed by atoms with Crippen LogP contribution in [0.2, 0.25) is 0 Å². The molecule has 1 atom stereocenters. The summed E-state index contributed by atoms with van der Waals surface area (Å²) in [5.74, 6) is -2.10. The van der Waals surface area contributed by atoms with Crippen molar-refractivity contribution in [2.24, 2.45) is 5.92 Å². The fourth-order valence-corrected chi connectivity index (χ4v) is 2.41. The summed E-state index contributed by atoms with van der Waals surface area (Å²) in [6.07, 6.45) is 0.271. The molecule has 1 aromatic rings. The molecule has 1 unspecified atom stereocenters. The molecule has 0 radical (unpaired) electrons. The normalized spacial score (nSPS) is 16.8. The zero-order valence-electron chi connectivity index (χ0n) is 13.2. The molecule has 2 rings (SSSR count). The Hall–Kier alpha value is -2.90. The summed E-state index contributed by atoms with van der Waals surface area (Å²) in [6, 6.07) is 6.69. The number of aliphatic carboxylic acids is 1. The average molecular weight is 333 g/mol. The molecule has 0 aliphatic carbocycles. The smallest absolute Gasteiger partial charge is 0.322 e. The Kier molecular flexibility index (Phi) is 5.51. The van der Waals surface area contributed by atoms with E-state index in [0.717, 1.165) is 0 Å². The highest BCUT2D eigenvalue weighted by Gasteiger charge is 2.32. The molecule has 1 aliphatic heterocycles. The molecular weight excluding hydrogens is 314 g/mol. The third kappa shape index (κ3) is 4.80. The van der Waals surface area contributed by atoms with E-state index >= 15 is 0 Å². The Morgan fingerprint density at radius 3 is 2.46 bits per heavy atom. The predicted molar refractivity (Wildman–Crippen MR) is 85.2 cm³/mol. The van der Waals surface area contributed by atoms with Crippen LogP contribution >= 0.6 is 0 Å². The Bertz CT molecular complexity index is 656.